The second-order valence-corrected chi connectivity index (χ2v) is 7.56. The number of hydrogen-bond acceptors (Lipinski definition) is 4. The van der Waals surface area contributed by atoms with Crippen LogP contribution in [0.5, 0.6) is 0 Å². The molecule has 1 fully saturated rings. The van der Waals surface area contributed by atoms with E-state index in [0.717, 1.165) is 25.7 Å². The summed E-state index contributed by atoms with van der Waals surface area (Å²) in [4.78, 5) is 11.3. The van der Waals surface area contributed by atoms with Gasteiger partial charge in [0.05, 0.1) is 12.7 Å². The Morgan fingerprint density at radius 1 is 1.12 bits per heavy atom. The minimum atomic E-state index is -0.267. The Bertz CT molecular complexity index is 511. The zero-order valence-electron chi connectivity index (χ0n) is 15.4. The van der Waals surface area contributed by atoms with Crippen molar-refractivity contribution in [1.29, 1.82) is 0 Å². The number of ether oxygens (including phenoxy) is 2. The zero-order chi connectivity index (χ0) is 17.6. The zero-order valence-corrected chi connectivity index (χ0v) is 15.4. The Balaban J connectivity index is 1.74. The Morgan fingerprint density at radius 3 is 2.29 bits per heavy atom. The van der Waals surface area contributed by atoms with E-state index in [9.17, 15) is 4.79 Å². The molecule has 1 aliphatic carbocycles. The molecule has 0 heterocycles. The number of anilines is 1. The second-order valence-electron chi connectivity index (χ2n) is 7.56. The van der Waals surface area contributed by atoms with E-state index in [1.807, 2.05) is 6.92 Å². The quantitative estimate of drug-likeness (QED) is 0.789. The first-order valence-electron chi connectivity index (χ1n) is 9.02. The maximum Gasteiger partial charge on any atom is 0.332 e. The number of esters is 1. The molecule has 0 aliphatic heterocycles. The maximum absolute atomic E-state index is 11.3. The fourth-order valence-electron chi connectivity index (χ4n) is 3.06. The summed E-state index contributed by atoms with van der Waals surface area (Å²) in [7, 11) is 0. The summed E-state index contributed by atoms with van der Waals surface area (Å²) in [5.74, 6) is -0.267. The van der Waals surface area contributed by atoms with Crippen LogP contribution in [0.15, 0.2) is 24.3 Å². The lowest BCUT2D eigenvalue weighted by Crippen LogP contribution is -2.31. The first-order valence-corrected chi connectivity index (χ1v) is 9.02. The van der Waals surface area contributed by atoms with E-state index in [0.29, 0.717) is 12.6 Å². The molecular formula is C20H31NO3. The molecule has 0 radical (unpaired) electrons. The van der Waals surface area contributed by atoms with Gasteiger partial charge < -0.3 is 14.8 Å². The average molecular weight is 333 g/mol. The smallest absolute Gasteiger partial charge is 0.332 e. The molecule has 0 saturated heterocycles. The summed E-state index contributed by atoms with van der Waals surface area (Å²) in [6.07, 6.45) is 4.27. The van der Waals surface area contributed by atoms with E-state index < -0.39 is 0 Å². The minimum absolute atomic E-state index is 0.0743. The minimum Gasteiger partial charge on any atom is -0.464 e. The molecule has 24 heavy (non-hydrogen) atoms. The maximum atomic E-state index is 11.3. The molecule has 134 valence electrons. The van der Waals surface area contributed by atoms with Gasteiger partial charge in [-0.1, -0.05) is 32.9 Å². The molecule has 1 N–H and O–H groups in total. The predicted octanol–water partition coefficient (Wildman–Crippen LogP) is 4.29. The highest BCUT2D eigenvalue weighted by molar-refractivity contribution is 5.70. The van der Waals surface area contributed by atoms with Gasteiger partial charge in [-0.25, -0.2) is 4.79 Å². The van der Waals surface area contributed by atoms with Crippen molar-refractivity contribution in [1.82, 2.24) is 0 Å². The summed E-state index contributed by atoms with van der Waals surface area (Å²) >= 11 is 0. The number of nitrogens with one attached hydrogen (secondary N) is 1. The van der Waals surface area contributed by atoms with Gasteiger partial charge in [-0.05, 0) is 55.7 Å². The molecule has 0 spiro atoms. The molecular weight excluding hydrogens is 302 g/mol. The van der Waals surface area contributed by atoms with E-state index in [2.05, 4.69) is 50.4 Å². The second kappa shape index (κ2) is 8.52. The van der Waals surface area contributed by atoms with Crippen LogP contribution >= 0.6 is 0 Å². The summed E-state index contributed by atoms with van der Waals surface area (Å²) in [6, 6.07) is 9.23. The predicted molar refractivity (Wildman–Crippen MR) is 97.4 cm³/mol. The molecule has 1 saturated carbocycles. The van der Waals surface area contributed by atoms with Gasteiger partial charge in [0.2, 0.25) is 0 Å². The third-order valence-corrected chi connectivity index (χ3v) is 4.54. The van der Waals surface area contributed by atoms with E-state index in [-0.39, 0.29) is 24.1 Å². The topological polar surface area (TPSA) is 47.6 Å². The Morgan fingerprint density at radius 2 is 1.75 bits per heavy atom. The Labute approximate surface area is 145 Å². The van der Waals surface area contributed by atoms with Crippen LogP contribution in [0, 0.1) is 0 Å². The molecule has 1 aromatic rings. The summed E-state index contributed by atoms with van der Waals surface area (Å²) in [5, 5.41) is 3.62. The molecule has 0 amide bonds. The fourth-order valence-corrected chi connectivity index (χ4v) is 3.06. The number of hydrogen-bond donors (Lipinski definition) is 1. The van der Waals surface area contributed by atoms with Crippen molar-refractivity contribution in [2.24, 2.45) is 0 Å². The van der Waals surface area contributed by atoms with E-state index in [1.54, 1.807) is 0 Å². The lowest BCUT2D eigenvalue weighted by Gasteiger charge is -2.29. The molecule has 0 unspecified atom stereocenters. The van der Waals surface area contributed by atoms with Crippen LogP contribution in [-0.2, 0) is 19.7 Å². The van der Waals surface area contributed by atoms with Crippen LogP contribution in [0.3, 0.4) is 0 Å². The lowest BCUT2D eigenvalue weighted by atomic mass is 9.87. The molecule has 0 aromatic heterocycles. The van der Waals surface area contributed by atoms with Gasteiger partial charge in [-0.3, -0.25) is 0 Å². The standard InChI is InChI=1S/C20H31NO3/c1-5-23-19(22)14-24-18-12-10-17(11-13-18)21-16-8-6-15(7-9-16)20(2,3)4/h6-9,17-18,21H,5,10-14H2,1-4H3. The summed E-state index contributed by atoms with van der Waals surface area (Å²) in [6.45, 7) is 8.98. The number of rotatable bonds is 6. The Hall–Kier alpha value is -1.55. The van der Waals surface area contributed by atoms with Crippen LogP contribution in [0.2, 0.25) is 0 Å². The van der Waals surface area contributed by atoms with E-state index in [1.165, 1.54) is 11.3 Å². The largest absolute Gasteiger partial charge is 0.464 e. The fraction of sp³-hybridized carbons (Fsp3) is 0.650. The van der Waals surface area contributed by atoms with Gasteiger partial charge in [-0.15, -0.1) is 0 Å². The van der Waals surface area contributed by atoms with Gasteiger partial charge >= 0.3 is 5.97 Å². The highest BCUT2D eigenvalue weighted by atomic mass is 16.6. The highest BCUT2D eigenvalue weighted by Crippen LogP contribution is 2.26. The molecule has 1 aromatic carbocycles. The van der Waals surface area contributed by atoms with Crippen molar-refractivity contribution in [3.63, 3.8) is 0 Å². The third kappa shape index (κ3) is 5.82. The van der Waals surface area contributed by atoms with Crippen molar-refractivity contribution in [3.05, 3.63) is 29.8 Å². The van der Waals surface area contributed by atoms with Crippen LogP contribution in [0.1, 0.15) is 58.9 Å². The monoisotopic (exact) mass is 333 g/mol. The van der Waals surface area contributed by atoms with Gasteiger partial charge in [0.1, 0.15) is 6.61 Å². The average Bonchev–Trinajstić information content (AvgIpc) is 2.54. The summed E-state index contributed by atoms with van der Waals surface area (Å²) in [5.41, 5.74) is 2.72. The Kier molecular flexibility index (Phi) is 6.67. The van der Waals surface area contributed by atoms with Gasteiger partial charge in [0.25, 0.3) is 0 Å². The first-order chi connectivity index (χ1) is 11.4. The number of carbonyl (C=O) groups excluding carboxylic acids is 1. The number of carbonyl (C=O) groups is 1. The molecule has 1 aliphatic rings. The first kappa shape index (κ1) is 18.8. The summed E-state index contributed by atoms with van der Waals surface area (Å²) < 4.78 is 10.5. The highest BCUT2D eigenvalue weighted by Gasteiger charge is 2.22. The van der Waals surface area contributed by atoms with E-state index >= 15 is 0 Å². The lowest BCUT2D eigenvalue weighted by molar-refractivity contribution is -0.151. The van der Waals surface area contributed by atoms with Crippen molar-refractivity contribution in [2.75, 3.05) is 18.5 Å². The van der Waals surface area contributed by atoms with Gasteiger partial charge in [0, 0.05) is 11.7 Å². The van der Waals surface area contributed by atoms with Crippen LogP contribution < -0.4 is 5.32 Å². The van der Waals surface area contributed by atoms with Crippen LogP contribution in [0.4, 0.5) is 5.69 Å². The van der Waals surface area contributed by atoms with Crippen molar-refractivity contribution in [2.45, 2.75) is 70.9 Å². The van der Waals surface area contributed by atoms with Crippen molar-refractivity contribution >= 4 is 11.7 Å². The SMILES string of the molecule is CCOC(=O)COC1CCC(Nc2ccc(C(C)(C)C)cc2)CC1. The van der Waals surface area contributed by atoms with Gasteiger partial charge in [0.15, 0.2) is 0 Å². The third-order valence-electron chi connectivity index (χ3n) is 4.54. The molecule has 2 rings (SSSR count). The number of benzene rings is 1. The van der Waals surface area contributed by atoms with Crippen LogP contribution in [0.25, 0.3) is 0 Å². The molecule has 0 atom stereocenters. The van der Waals surface area contributed by atoms with E-state index in [4.69, 9.17) is 9.47 Å². The van der Waals surface area contributed by atoms with Crippen molar-refractivity contribution in [3.8, 4) is 0 Å². The van der Waals surface area contributed by atoms with Crippen molar-refractivity contribution < 1.29 is 14.3 Å². The van der Waals surface area contributed by atoms with Gasteiger partial charge in [-0.2, -0.15) is 0 Å². The molecule has 0 bridgehead atoms. The normalized spacial score (nSPS) is 21.3. The molecule has 4 nitrogen and oxygen atoms in total. The molecule has 4 heteroatoms. The van der Waals surface area contributed by atoms with Crippen LogP contribution in [-0.4, -0.2) is 31.3 Å².